The van der Waals surface area contributed by atoms with Crippen LogP contribution in [-0.4, -0.2) is 36.2 Å². The molecule has 0 saturated carbocycles. The van der Waals surface area contributed by atoms with Crippen LogP contribution < -0.4 is 0 Å². The number of nitrogens with zero attached hydrogens (tertiary/aromatic N) is 1. The topological polar surface area (TPSA) is 12.5 Å². The molecule has 1 saturated heterocycles. The zero-order valence-electron chi connectivity index (χ0n) is 8.84. The molecule has 0 aromatic carbocycles. The van der Waals surface area contributed by atoms with Gasteiger partial charge in [0.1, 0.15) is 0 Å². The molecule has 74 valence electrons. The van der Waals surface area contributed by atoms with Crippen LogP contribution in [0.4, 0.5) is 0 Å². The highest BCUT2D eigenvalue weighted by molar-refractivity contribution is 5.09. The van der Waals surface area contributed by atoms with E-state index in [1.165, 1.54) is 0 Å². The number of terminal acetylenes is 1. The first-order valence-corrected chi connectivity index (χ1v) is 4.90. The second kappa shape index (κ2) is 4.13. The molecule has 1 aliphatic rings. The fraction of sp³-hybridized carbons (Fsp3) is 0.818. The Balaban J connectivity index is 2.70. The van der Waals surface area contributed by atoms with E-state index >= 15 is 0 Å². The first-order chi connectivity index (χ1) is 6.08. The van der Waals surface area contributed by atoms with E-state index in [2.05, 4.69) is 31.6 Å². The van der Waals surface area contributed by atoms with E-state index in [0.29, 0.717) is 6.04 Å². The number of rotatable bonds is 1. The van der Waals surface area contributed by atoms with Crippen LogP contribution in [-0.2, 0) is 4.74 Å². The molecule has 1 fully saturated rings. The average Bonchev–Trinajstić information content (AvgIpc) is 2.30. The molecule has 1 rings (SSSR count). The Morgan fingerprint density at radius 1 is 1.46 bits per heavy atom. The summed E-state index contributed by atoms with van der Waals surface area (Å²) in [6.07, 6.45) is 6.59. The maximum atomic E-state index is 5.52. The zero-order chi connectivity index (χ0) is 9.90. The van der Waals surface area contributed by atoms with Gasteiger partial charge in [0.15, 0.2) is 0 Å². The number of ether oxygens (including phenoxy) is 1. The van der Waals surface area contributed by atoms with E-state index < -0.39 is 0 Å². The minimum Gasteiger partial charge on any atom is -0.380 e. The molecule has 13 heavy (non-hydrogen) atoms. The fourth-order valence-electron chi connectivity index (χ4n) is 1.81. The molecule has 0 N–H and O–H groups in total. The molecular formula is C11H19NO. The molecule has 1 atom stereocenters. The van der Waals surface area contributed by atoms with Gasteiger partial charge in [-0.1, -0.05) is 5.92 Å². The molecule has 2 nitrogen and oxygen atoms in total. The summed E-state index contributed by atoms with van der Waals surface area (Å²) in [4.78, 5) is 2.35. The van der Waals surface area contributed by atoms with Crippen LogP contribution in [0.5, 0.6) is 0 Å². The van der Waals surface area contributed by atoms with Gasteiger partial charge in [-0.25, -0.2) is 0 Å². The fourth-order valence-corrected chi connectivity index (χ4v) is 1.81. The summed E-state index contributed by atoms with van der Waals surface area (Å²) in [7, 11) is 0. The first-order valence-electron chi connectivity index (χ1n) is 4.90. The van der Waals surface area contributed by atoms with Crippen molar-refractivity contribution in [1.29, 1.82) is 0 Å². The second-order valence-corrected chi connectivity index (χ2v) is 4.15. The summed E-state index contributed by atoms with van der Waals surface area (Å²) in [5, 5.41) is 0. The SMILES string of the molecule is C#CC(C)(C)N1CCOCCC1C. The van der Waals surface area contributed by atoms with Gasteiger partial charge in [0, 0.05) is 19.2 Å². The maximum absolute atomic E-state index is 5.52. The predicted molar refractivity (Wildman–Crippen MR) is 54.5 cm³/mol. The Morgan fingerprint density at radius 3 is 2.77 bits per heavy atom. The highest BCUT2D eigenvalue weighted by Crippen LogP contribution is 2.20. The van der Waals surface area contributed by atoms with Crippen molar-refractivity contribution < 1.29 is 4.74 Å². The third kappa shape index (κ3) is 2.46. The zero-order valence-corrected chi connectivity index (χ0v) is 8.84. The lowest BCUT2D eigenvalue weighted by Gasteiger charge is -2.37. The van der Waals surface area contributed by atoms with Crippen molar-refractivity contribution in [2.75, 3.05) is 19.8 Å². The van der Waals surface area contributed by atoms with E-state index in [9.17, 15) is 0 Å². The summed E-state index contributed by atoms with van der Waals surface area (Å²) < 4.78 is 5.42. The van der Waals surface area contributed by atoms with E-state index in [4.69, 9.17) is 11.2 Å². The lowest BCUT2D eigenvalue weighted by atomic mass is 10.0. The van der Waals surface area contributed by atoms with Crippen LogP contribution in [0.15, 0.2) is 0 Å². The lowest BCUT2D eigenvalue weighted by Crippen LogP contribution is -2.48. The quantitative estimate of drug-likeness (QED) is 0.569. The monoisotopic (exact) mass is 181 g/mol. The normalized spacial score (nSPS) is 26.5. The first kappa shape index (κ1) is 10.6. The number of hydrogen-bond donors (Lipinski definition) is 0. The van der Waals surface area contributed by atoms with Crippen LogP contribution in [0, 0.1) is 12.3 Å². The van der Waals surface area contributed by atoms with E-state index in [1.807, 2.05) is 0 Å². The van der Waals surface area contributed by atoms with Crippen LogP contribution in [0.2, 0.25) is 0 Å². The van der Waals surface area contributed by atoms with Crippen molar-refractivity contribution in [3.63, 3.8) is 0 Å². The minimum absolute atomic E-state index is 0.146. The average molecular weight is 181 g/mol. The Labute approximate surface area is 81.3 Å². The van der Waals surface area contributed by atoms with Crippen LogP contribution in [0.1, 0.15) is 27.2 Å². The highest BCUT2D eigenvalue weighted by atomic mass is 16.5. The third-order valence-electron chi connectivity index (χ3n) is 2.76. The summed E-state index contributed by atoms with van der Waals surface area (Å²) in [6.45, 7) is 9.00. The summed E-state index contributed by atoms with van der Waals surface area (Å²) in [6, 6.07) is 0.522. The van der Waals surface area contributed by atoms with E-state index in [-0.39, 0.29) is 5.54 Å². The van der Waals surface area contributed by atoms with Crippen LogP contribution in [0.25, 0.3) is 0 Å². The molecule has 0 aromatic rings. The van der Waals surface area contributed by atoms with Gasteiger partial charge in [0.2, 0.25) is 0 Å². The summed E-state index contributed by atoms with van der Waals surface area (Å²) in [5.41, 5.74) is -0.146. The van der Waals surface area contributed by atoms with E-state index in [0.717, 1.165) is 26.2 Å². The predicted octanol–water partition coefficient (Wildman–Crippen LogP) is 1.51. The molecular weight excluding hydrogens is 162 g/mol. The van der Waals surface area contributed by atoms with Gasteiger partial charge in [-0.15, -0.1) is 6.42 Å². The molecule has 0 amide bonds. The van der Waals surface area contributed by atoms with Crippen molar-refractivity contribution in [2.24, 2.45) is 0 Å². The van der Waals surface area contributed by atoms with Gasteiger partial charge in [0.25, 0.3) is 0 Å². The molecule has 0 radical (unpaired) electrons. The van der Waals surface area contributed by atoms with Gasteiger partial charge in [-0.2, -0.15) is 0 Å². The molecule has 0 aromatic heterocycles. The smallest absolute Gasteiger partial charge is 0.0769 e. The standard InChI is InChI=1S/C11H19NO/c1-5-11(3,4)12-7-9-13-8-6-10(12)2/h1,10H,6-9H2,2-4H3. The van der Waals surface area contributed by atoms with Crippen molar-refractivity contribution >= 4 is 0 Å². The van der Waals surface area contributed by atoms with Crippen molar-refractivity contribution in [1.82, 2.24) is 4.90 Å². The Bertz CT molecular complexity index is 205. The molecule has 1 unspecified atom stereocenters. The van der Waals surface area contributed by atoms with Crippen molar-refractivity contribution in [3.8, 4) is 12.3 Å². The molecule has 0 bridgehead atoms. The highest BCUT2D eigenvalue weighted by Gasteiger charge is 2.29. The van der Waals surface area contributed by atoms with Crippen molar-refractivity contribution in [2.45, 2.75) is 38.8 Å². The second-order valence-electron chi connectivity index (χ2n) is 4.15. The van der Waals surface area contributed by atoms with Crippen LogP contribution in [0.3, 0.4) is 0 Å². The molecule has 1 heterocycles. The van der Waals surface area contributed by atoms with Crippen molar-refractivity contribution in [3.05, 3.63) is 0 Å². The maximum Gasteiger partial charge on any atom is 0.0769 e. The van der Waals surface area contributed by atoms with Gasteiger partial charge in [-0.05, 0) is 27.2 Å². The summed E-state index contributed by atoms with van der Waals surface area (Å²) >= 11 is 0. The Kier molecular flexibility index (Phi) is 3.35. The van der Waals surface area contributed by atoms with Gasteiger partial charge < -0.3 is 4.74 Å². The largest absolute Gasteiger partial charge is 0.380 e. The third-order valence-corrected chi connectivity index (χ3v) is 2.76. The molecule has 2 heteroatoms. The lowest BCUT2D eigenvalue weighted by molar-refractivity contribution is 0.108. The number of hydrogen-bond acceptors (Lipinski definition) is 2. The Morgan fingerprint density at radius 2 is 2.15 bits per heavy atom. The van der Waals surface area contributed by atoms with Crippen LogP contribution >= 0.6 is 0 Å². The van der Waals surface area contributed by atoms with E-state index in [1.54, 1.807) is 0 Å². The minimum atomic E-state index is -0.146. The van der Waals surface area contributed by atoms with Gasteiger partial charge in [0.05, 0.1) is 12.1 Å². The summed E-state index contributed by atoms with van der Waals surface area (Å²) in [5.74, 6) is 2.84. The van der Waals surface area contributed by atoms with Gasteiger partial charge in [-0.3, -0.25) is 4.90 Å². The Hall–Kier alpha value is -0.520. The molecule has 0 spiro atoms. The van der Waals surface area contributed by atoms with Gasteiger partial charge >= 0.3 is 0 Å². The molecule has 0 aliphatic carbocycles. The molecule has 1 aliphatic heterocycles.